The molecule has 6 nitrogen and oxygen atoms in total. The lowest BCUT2D eigenvalue weighted by atomic mass is 9.96. The number of rotatable bonds is 5. The average molecular weight is 425 g/mol. The number of halogens is 2. The van der Waals surface area contributed by atoms with Crippen molar-refractivity contribution in [3.05, 3.63) is 52.6 Å². The minimum Gasteiger partial charge on any atom is -0.339 e. The summed E-state index contributed by atoms with van der Waals surface area (Å²) >= 11 is 1.53. The van der Waals surface area contributed by atoms with Gasteiger partial charge in [0, 0.05) is 36.5 Å². The molecule has 1 saturated heterocycles. The molecule has 28 heavy (non-hydrogen) atoms. The van der Waals surface area contributed by atoms with E-state index in [2.05, 4.69) is 10.1 Å². The molecule has 3 aromatic rings. The van der Waals surface area contributed by atoms with Crippen molar-refractivity contribution in [1.82, 2.24) is 14.4 Å². The van der Waals surface area contributed by atoms with Crippen molar-refractivity contribution in [3.63, 3.8) is 0 Å². The summed E-state index contributed by atoms with van der Waals surface area (Å²) < 4.78 is 59.2. The van der Waals surface area contributed by atoms with Crippen LogP contribution in [0.25, 0.3) is 11.4 Å². The lowest BCUT2D eigenvalue weighted by Gasteiger charge is -2.31. The summed E-state index contributed by atoms with van der Waals surface area (Å²) in [5, 5.41) is 7.80. The topological polar surface area (TPSA) is 76.3 Å². The van der Waals surface area contributed by atoms with E-state index in [9.17, 15) is 17.2 Å². The number of sulfonamides is 1. The van der Waals surface area contributed by atoms with Gasteiger partial charge in [-0.15, -0.1) is 0 Å². The van der Waals surface area contributed by atoms with Crippen molar-refractivity contribution >= 4 is 21.4 Å². The van der Waals surface area contributed by atoms with Crippen LogP contribution in [0.4, 0.5) is 8.78 Å². The first-order valence-electron chi connectivity index (χ1n) is 8.74. The second-order valence-corrected chi connectivity index (χ2v) is 9.36. The van der Waals surface area contributed by atoms with Gasteiger partial charge in [0.2, 0.25) is 21.7 Å². The molecule has 1 aromatic carbocycles. The van der Waals surface area contributed by atoms with Gasteiger partial charge in [-0.05, 0) is 42.3 Å². The smallest absolute Gasteiger partial charge is 0.245 e. The van der Waals surface area contributed by atoms with E-state index in [1.807, 2.05) is 16.8 Å². The second kappa shape index (κ2) is 7.69. The molecular weight excluding hydrogens is 408 g/mol. The highest BCUT2D eigenvalue weighted by Crippen LogP contribution is 2.28. The van der Waals surface area contributed by atoms with Crippen LogP contribution in [0.5, 0.6) is 0 Å². The Bertz CT molecular complexity index is 1070. The first-order valence-corrected chi connectivity index (χ1v) is 11.1. The third-order valence-electron chi connectivity index (χ3n) is 4.70. The molecule has 0 saturated carbocycles. The first kappa shape index (κ1) is 19.2. The number of hydrogen-bond acceptors (Lipinski definition) is 6. The van der Waals surface area contributed by atoms with Gasteiger partial charge in [-0.3, -0.25) is 0 Å². The molecule has 2 aromatic heterocycles. The summed E-state index contributed by atoms with van der Waals surface area (Å²) in [5.74, 6) is -0.976. The molecule has 1 fully saturated rings. The molecule has 0 radical (unpaired) electrons. The summed E-state index contributed by atoms with van der Waals surface area (Å²) in [5.41, 5.74) is 0.875. The first-order chi connectivity index (χ1) is 13.4. The Labute approximate surface area is 164 Å². The number of piperidine rings is 1. The Balaban J connectivity index is 1.48. The van der Waals surface area contributed by atoms with Crippen LogP contribution in [0.3, 0.4) is 0 Å². The van der Waals surface area contributed by atoms with Crippen molar-refractivity contribution in [3.8, 4) is 11.4 Å². The normalized spacial score (nSPS) is 18.4. The molecule has 10 heteroatoms. The molecule has 0 N–H and O–H groups in total. The maximum Gasteiger partial charge on any atom is 0.245 e. The molecule has 4 rings (SSSR count). The summed E-state index contributed by atoms with van der Waals surface area (Å²) in [6.07, 6.45) is 1.88. The molecule has 1 aliphatic rings. The Hall–Kier alpha value is -2.17. The predicted molar refractivity (Wildman–Crippen MR) is 99.2 cm³/mol. The van der Waals surface area contributed by atoms with E-state index >= 15 is 0 Å². The van der Waals surface area contributed by atoms with Crippen LogP contribution in [0.1, 0.15) is 18.7 Å². The van der Waals surface area contributed by atoms with E-state index in [0.717, 1.165) is 24.1 Å². The summed E-state index contributed by atoms with van der Waals surface area (Å²) in [7, 11) is -4.04. The molecule has 1 atom stereocenters. The van der Waals surface area contributed by atoms with Crippen molar-refractivity contribution < 1.29 is 21.7 Å². The number of hydrogen-bond donors (Lipinski definition) is 0. The van der Waals surface area contributed by atoms with Gasteiger partial charge in [0.15, 0.2) is 0 Å². The van der Waals surface area contributed by atoms with E-state index in [0.29, 0.717) is 37.2 Å². The van der Waals surface area contributed by atoms with Gasteiger partial charge in [0.05, 0.1) is 0 Å². The zero-order chi connectivity index (χ0) is 19.7. The molecular formula is C18H17F2N3O3S2. The van der Waals surface area contributed by atoms with E-state index in [1.54, 1.807) is 0 Å². The fourth-order valence-corrected chi connectivity index (χ4v) is 5.56. The van der Waals surface area contributed by atoms with Crippen LogP contribution in [0, 0.1) is 17.6 Å². The van der Waals surface area contributed by atoms with Crippen molar-refractivity contribution in [1.29, 1.82) is 0 Å². The SMILES string of the molecule is O=S(=O)(c1ccc(F)cc1F)N1CCCC(Cc2nc(-c3ccsc3)no2)C1. The highest BCUT2D eigenvalue weighted by molar-refractivity contribution is 7.89. The van der Waals surface area contributed by atoms with Gasteiger partial charge in [-0.1, -0.05) is 5.16 Å². The molecule has 0 aliphatic carbocycles. The number of nitrogens with zero attached hydrogens (tertiary/aromatic N) is 3. The number of thiophene rings is 1. The van der Waals surface area contributed by atoms with Crippen molar-refractivity contribution in [2.24, 2.45) is 5.92 Å². The van der Waals surface area contributed by atoms with E-state index in [1.165, 1.54) is 15.6 Å². The zero-order valence-corrected chi connectivity index (χ0v) is 16.3. The molecule has 0 bridgehead atoms. The molecule has 3 heterocycles. The van der Waals surface area contributed by atoms with Crippen LogP contribution < -0.4 is 0 Å². The molecule has 1 aliphatic heterocycles. The minimum absolute atomic E-state index is 0.0252. The highest BCUT2D eigenvalue weighted by atomic mass is 32.2. The van der Waals surface area contributed by atoms with E-state index in [-0.39, 0.29) is 12.5 Å². The summed E-state index contributed by atoms with van der Waals surface area (Å²) in [6, 6.07) is 4.39. The molecule has 0 amide bonds. The van der Waals surface area contributed by atoms with Gasteiger partial charge in [0.25, 0.3) is 0 Å². The Morgan fingerprint density at radius 3 is 2.89 bits per heavy atom. The summed E-state index contributed by atoms with van der Waals surface area (Å²) in [4.78, 5) is 3.87. The van der Waals surface area contributed by atoms with E-state index < -0.39 is 26.6 Å². The fourth-order valence-electron chi connectivity index (χ4n) is 3.33. The second-order valence-electron chi connectivity index (χ2n) is 6.67. The quantitative estimate of drug-likeness (QED) is 0.623. The predicted octanol–water partition coefficient (Wildman–Crippen LogP) is 3.72. The zero-order valence-electron chi connectivity index (χ0n) is 14.7. The van der Waals surface area contributed by atoms with Gasteiger partial charge in [-0.25, -0.2) is 17.2 Å². The third kappa shape index (κ3) is 3.85. The van der Waals surface area contributed by atoms with Crippen molar-refractivity contribution in [2.75, 3.05) is 13.1 Å². The van der Waals surface area contributed by atoms with Crippen LogP contribution in [0.15, 0.2) is 44.4 Å². The lowest BCUT2D eigenvalue weighted by molar-refractivity contribution is 0.246. The van der Waals surface area contributed by atoms with Gasteiger partial charge in [-0.2, -0.15) is 20.6 Å². The van der Waals surface area contributed by atoms with Gasteiger partial charge < -0.3 is 4.52 Å². The fraction of sp³-hybridized carbons (Fsp3) is 0.333. The summed E-state index contributed by atoms with van der Waals surface area (Å²) in [6.45, 7) is 0.509. The van der Waals surface area contributed by atoms with Gasteiger partial charge >= 0.3 is 0 Å². The number of benzene rings is 1. The highest BCUT2D eigenvalue weighted by Gasteiger charge is 2.33. The molecule has 1 unspecified atom stereocenters. The Morgan fingerprint density at radius 1 is 1.29 bits per heavy atom. The van der Waals surface area contributed by atoms with Gasteiger partial charge in [0.1, 0.15) is 16.5 Å². The standard InChI is InChI=1S/C18H17F2N3O3S2/c19-14-3-4-16(15(20)9-14)28(24,25)23-6-1-2-12(10-23)8-17-21-18(22-26-17)13-5-7-27-11-13/h3-5,7,9,11-12H,1-2,6,8,10H2. The van der Waals surface area contributed by atoms with E-state index in [4.69, 9.17) is 4.52 Å². The van der Waals surface area contributed by atoms with Crippen LogP contribution in [-0.2, 0) is 16.4 Å². The van der Waals surface area contributed by atoms with Crippen LogP contribution in [-0.4, -0.2) is 36.0 Å². The van der Waals surface area contributed by atoms with Crippen molar-refractivity contribution in [2.45, 2.75) is 24.2 Å². The minimum atomic E-state index is -4.04. The van der Waals surface area contributed by atoms with Crippen LogP contribution in [0.2, 0.25) is 0 Å². The maximum absolute atomic E-state index is 14.0. The molecule has 0 spiro atoms. The lowest BCUT2D eigenvalue weighted by Crippen LogP contribution is -2.40. The maximum atomic E-state index is 14.0. The Kier molecular flexibility index (Phi) is 5.26. The Morgan fingerprint density at radius 2 is 2.14 bits per heavy atom. The monoisotopic (exact) mass is 425 g/mol. The third-order valence-corrected chi connectivity index (χ3v) is 7.29. The van der Waals surface area contributed by atoms with Crippen LogP contribution >= 0.6 is 11.3 Å². The largest absolute Gasteiger partial charge is 0.339 e. The molecule has 148 valence electrons. The average Bonchev–Trinajstić information content (AvgIpc) is 3.33. The number of aromatic nitrogens is 2.